The minimum absolute atomic E-state index is 0.000534. The summed E-state index contributed by atoms with van der Waals surface area (Å²) in [7, 11) is -3.62. The van der Waals surface area contributed by atoms with Crippen LogP contribution >= 0.6 is 11.6 Å². The average Bonchev–Trinajstić information content (AvgIpc) is 2.32. The summed E-state index contributed by atoms with van der Waals surface area (Å²) in [5, 5.41) is 0.154. The highest BCUT2D eigenvalue weighted by Gasteiger charge is 2.17. The first-order chi connectivity index (χ1) is 8.47. The molecule has 3 N–H and O–H groups in total. The molecule has 0 aliphatic rings. The molecule has 102 valence electrons. The van der Waals surface area contributed by atoms with E-state index < -0.39 is 10.0 Å². The van der Waals surface area contributed by atoms with E-state index in [-0.39, 0.29) is 9.92 Å². The van der Waals surface area contributed by atoms with Crippen LogP contribution in [0.1, 0.15) is 13.3 Å². The molecule has 1 aromatic rings. The van der Waals surface area contributed by atoms with E-state index in [2.05, 4.69) is 4.72 Å². The fourth-order valence-electron chi connectivity index (χ4n) is 1.33. The quantitative estimate of drug-likeness (QED) is 0.591. The summed E-state index contributed by atoms with van der Waals surface area (Å²) in [6.07, 6.45) is 0.604. The highest BCUT2D eigenvalue weighted by atomic mass is 35.5. The van der Waals surface area contributed by atoms with E-state index in [0.29, 0.717) is 31.9 Å². The van der Waals surface area contributed by atoms with Crippen LogP contribution in [-0.2, 0) is 14.8 Å². The predicted octanol–water partition coefficient (Wildman–Crippen LogP) is 1.63. The number of rotatable bonds is 7. The van der Waals surface area contributed by atoms with Crippen molar-refractivity contribution < 1.29 is 13.2 Å². The molecule has 0 radical (unpaired) electrons. The predicted molar refractivity (Wildman–Crippen MR) is 72.2 cm³/mol. The van der Waals surface area contributed by atoms with Crippen molar-refractivity contribution in [2.24, 2.45) is 0 Å². The third-order valence-corrected chi connectivity index (χ3v) is 4.15. The largest absolute Gasteiger partial charge is 0.399 e. The third-order valence-electron chi connectivity index (χ3n) is 2.21. The van der Waals surface area contributed by atoms with Crippen LogP contribution in [0, 0.1) is 0 Å². The van der Waals surface area contributed by atoms with Crippen LogP contribution in [0.3, 0.4) is 0 Å². The Balaban J connectivity index is 2.66. The fraction of sp³-hybridized carbons (Fsp3) is 0.455. The SMILES string of the molecule is CCOCCCNS(=O)(=O)c1cc(N)ccc1Cl. The van der Waals surface area contributed by atoms with Crippen LogP contribution in [0.5, 0.6) is 0 Å². The second-order valence-electron chi connectivity index (χ2n) is 3.64. The maximum Gasteiger partial charge on any atom is 0.242 e. The van der Waals surface area contributed by atoms with Crippen molar-refractivity contribution >= 4 is 27.3 Å². The molecule has 0 spiro atoms. The topological polar surface area (TPSA) is 81.4 Å². The molecule has 18 heavy (non-hydrogen) atoms. The Morgan fingerprint density at radius 1 is 1.44 bits per heavy atom. The standard InChI is InChI=1S/C11H17ClN2O3S/c1-2-17-7-3-6-14-18(15,16)11-8-9(13)4-5-10(11)12/h4-5,8,14H,2-3,6-7,13H2,1H3. The van der Waals surface area contributed by atoms with Crippen LogP contribution in [0.2, 0.25) is 5.02 Å². The zero-order valence-electron chi connectivity index (χ0n) is 10.1. The Morgan fingerprint density at radius 3 is 2.83 bits per heavy atom. The van der Waals surface area contributed by atoms with E-state index in [1.807, 2.05) is 6.92 Å². The molecule has 0 atom stereocenters. The monoisotopic (exact) mass is 292 g/mol. The Labute approximate surface area is 112 Å². The minimum atomic E-state index is -3.62. The van der Waals surface area contributed by atoms with Crippen molar-refractivity contribution in [3.8, 4) is 0 Å². The van der Waals surface area contributed by atoms with Gasteiger partial charge in [-0.15, -0.1) is 0 Å². The molecule has 0 aliphatic heterocycles. The second kappa shape index (κ2) is 6.94. The molecule has 1 aromatic carbocycles. The van der Waals surface area contributed by atoms with Gasteiger partial charge in [0.15, 0.2) is 0 Å². The maximum absolute atomic E-state index is 11.9. The van der Waals surface area contributed by atoms with Crippen molar-refractivity contribution in [2.75, 3.05) is 25.5 Å². The number of halogens is 1. The number of nitrogens with two attached hydrogens (primary N) is 1. The number of nitrogen functional groups attached to an aromatic ring is 1. The molecule has 0 unspecified atom stereocenters. The van der Waals surface area contributed by atoms with E-state index >= 15 is 0 Å². The number of nitrogens with one attached hydrogen (secondary N) is 1. The van der Waals surface area contributed by atoms with E-state index in [1.165, 1.54) is 12.1 Å². The van der Waals surface area contributed by atoms with Crippen molar-refractivity contribution in [3.05, 3.63) is 23.2 Å². The maximum atomic E-state index is 11.9. The normalized spacial score (nSPS) is 11.7. The molecule has 0 saturated heterocycles. The lowest BCUT2D eigenvalue weighted by Gasteiger charge is -2.09. The third kappa shape index (κ3) is 4.45. The molecule has 0 fully saturated rings. The lowest BCUT2D eigenvalue weighted by molar-refractivity contribution is 0.146. The van der Waals surface area contributed by atoms with Gasteiger partial charge in [0, 0.05) is 25.4 Å². The number of ether oxygens (including phenoxy) is 1. The highest BCUT2D eigenvalue weighted by molar-refractivity contribution is 7.89. The van der Waals surface area contributed by atoms with E-state index in [4.69, 9.17) is 22.1 Å². The molecule has 7 heteroatoms. The van der Waals surface area contributed by atoms with Crippen molar-refractivity contribution in [1.29, 1.82) is 0 Å². The lowest BCUT2D eigenvalue weighted by Crippen LogP contribution is -2.26. The average molecular weight is 293 g/mol. The molecule has 0 amide bonds. The van der Waals surface area contributed by atoms with Gasteiger partial charge in [0.05, 0.1) is 5.02 Å². The number of anilines is 1. The first kappa shape index (κ1) is 15.2. The van der Waals surface area contributed by atoms with Crippen LogP contribution < -0.4 is 10.5 Å². The Hall–Kier alpha value is -0.820. The van der Waals surface area contributed by atoms with Gasteiger partial charge in [-0.1, -0.05) is 11.6 Å². The van der Waals surface area contributed by atoms with Gasteiger partial charge >= 0.3 is 0 Å². The number of hydrogen-bond donors (Lipinski definition) is 2. The molecule has 0 heterocycles. The van der Waals surface area contributed by atoms with Gasteiger partial charge in [-0.05, 0) is 31.5 Å². The molecular weight excluding hydrogens is 276 g/mol. The summed E-state index contributed by atoms with van der Waals surface area (Å²) in [6.45, 7) is 3.32. The summed E-state index contributed by atoms with van der Waals surface area (Å²) in [6, 6.07) is 4.36. The smallest absolute Gasteiger partial charge is 0.242 e. The summed E-state index contributed by atoms with van der Waals surface area (Å²) in [5.74, 6) is 0. The summed E-state index contributed by atoms with van der Waals surface area (Å²) >= 11 is 5.84. The van der Waals surface area contributed by atoms with Crippen molar-refractivity contribution in [1.82, 2.24) is 4.72 Å². The minimum Gasteiger partial charge on any atom is -0.399 e. The molecule has 0 saturated carbocycles. The first-order valence-electron chi connectivity index (χ1n) is 5.60. The Morgan fingerprint density at radius 2 is 2.17 bits per heavy atom. The zero-order valence-corrected chi connectivity index (χ0v) is 11.7. The zero-order chi connectivity index (χ0) is 13.6. The molecule has 0 aliphatic carbocycles. The van der Waals surface area contributed by atoms with Gasteiger partial charge in [-0.25, -0.2) is 13.1 Å². The molecule has 0 aromatic heterocycles. The first-order valence-corrected chi connectivity index (χ1v) is 7.46. The number of hydrogen-bond acceptors (Lipinski definition) is 4. The molecular formula is C11H17ClN2O3S. The number of sulfonamides is 1. The van der Waals surface area contributed by atoms with E-state index in [1.54, 1.807) is 6.07 Å². The molecule has 1 rings (SSSR count). The fourth-order valence-corrected chi connectivity index (χ4v) is 2.94. The van der Waals surface area contributed by atoms with Crippen molar-refractivity contribution in [2.45, 2.75) is 18.2 Å². The summed E-state index contributed by atoms with van der Waals surface area (Å²) in [5.41, 5.74) is 5.90. The number of benzene rings is 1. The van der Waals surface area contributed by atoms with Crippen LogP contribution in [0.15, 0.2) is 23.1 Å². The van der Waals surface area contributed by atoms with Crippen LogP contribution in [0.4, 0.5) is 5.69 Å². The van der Waals surface area contributed by atoms with E-state index in [0.717, 1.165) is 0 Å². The van der Waals surface area contributed by atoms with Crippen LogP contribution in [-0.4, -0.2) is 28.2 Å². The molecule has 5 nitrogen and oxygen atoms in total. The molecule has 0 bridgehead atoms. The summed E-state index contributed by atoms with van der Waals surface area (Å²) < 4.78 is 31.5. The van der Waals surface area contributed by atoms with Crippen LogP contribution in [0.25, 0.3) is 0 Å². The highest BCUT2D eigenvalue weighted by Crippen LogP contribution is 2.23. The van der Waals surface area contributed by atoms with E-state index in [9.17, 15) is 8.42 Å². The van der Waals surface area contributed by atoms with Gasteiger partial charge in [-0.2, -0.15) is 0 Å². The van der Waals surface area contributed by atoms with Gasteiger partial charge in [0.25, 0.3) is 0 Å². The van der Waals surface area contributed by atoms with Gasteiger partial charge in [0.2, 0.25) is 10.0 Å². The summed E-state index contributed by atoms with van der Waals surface area (Å²) in [4.78, 5) is 0.000534. The lowest BCUT2D eigenvalue weighted by atomic mass is 10.3. The van der Waals surface area contributed by atoms with Gasteiger partial charge < -0.3 is 10.5 Å². The van der Waals surface area contributed by atoms with Gasteiger partial charge in [-0.3, -0.25) is 0 Å². The Kier molecular flexibility index (Phi) is 5.87. The Bertz CT molecular complexity index is 491. The second-order valence-corrected chi connectivity index (χ2v) is 5.78. The van der Waals surface area contributed by atoms with Crippen molar-refractivity contribution in [3.63, 3.8) is 0 Å². The van der Waals surface area contributed by atoms with Gasteiger partial charge in [0.1, 0.15) is 4.90 Å².